The molecule has 0 aliphatic carbocycles. The normalized spacial score (nSPS) is 14.7. The van der Waals surface area contributed by atoms with Crippen LogP contribution in [0.1, 0.15) is 29.2 Å². The first-order valence-corrected chi connectivity index (χ1v) is 12.9. The van der Waals surface area contributed by atoms with Crippen molar-refractivity contribution < 1.29 is 14.2 Å². The van der Waals surface area contributed by atoms with Crippen molar-refractivity contribution in [2.45, 2.75) is 26.4 Å². The zero-order chi connectivity index (χ0) is 25.3. The van der Waals surface area contributed by atoms with Gasteiger partial charge in [0.2, 0.25) is 0 Å². The molecule has 0 radical (unpaired) electrons. The van der Waals surface area contributed by atoms with E-state index in [0.29, 0.717) is 26.4 Å². The molecule has 0 N–H and O–H groups in total. The molecular weight excluding hydrogens is 462 g/mol. The number of aromatic nitrogens is 2. The number of rotatable bonds is 5. The number of benzene rings is 3. The molecule has 0 fully saturated rings. The molecule has 0 atom stereocenters. The van der Waals surface area contributed by atoms with Gasteiger partial charge in [0.1, 0.15) is 24.4 Å². The van der Waals surface area contributed by atoms with Gasteiger partial charge in [0.25, 0.3) is 0 Å². The quantitative estimate of drug-likeness (QED) is 0.362. The lowest BCUT2D eigenvalue weighted by molar-refractivity contribution is 0.0755. The molecule has 1 aliphatic heterocycles. The van der Waals surface area contributed by atoms with Gasteiger partial charge < -0.3 is 14.2 Å². The Hall–Kier alpha value is -3.74. The molecule has 2 bridgehead atoms. The highest BCUT2D eigenvalue weighted by Gasteiger charge is 2.14. The van der Waals surface area contributed by atoms with Crippen molar-refractivity contribution in [1.82, 2.24) is 14.9 Å². The highest BCUT2D eigenvalue weighted by molar-refractivity contribution is 5.64. The molecule has 190 valence electrons. The summed E-state index contributed by atoms with van der Waals surface area (Å²) in [4.78, 5) is 10.8. The van der Waals surface area contributed by atoms with E-state index in [1.165, 1.54) is 16.7 Å². The van der Waals surface area contributed by atoms with Crippen LogP contribution in [0, 0.1) is 0 Å². The molecule has 0 saturated carbocycles. The fourth-order valence-electron chi connectivity index (χ4n) is 4.69. The van der Waals surface area contributed by atoms with E-state index in [9.17, 15) is 0 Å². The average molecular weight is 496 g/mol. The van der Waals surface area contributed by atoms with Crippen LogP contribution in [0.4, 0.5) is 0 Å². The fraction of sp³-hybridized carbons (Fsp3) is 0.290. The van der Waals surface area contributed by atoms with E-state index in [0.717, 1.165) is 54.2 Å². The topological polar surface area (TPSA) is 56.7 Å². The summed E-state index contributed by atoms with van der Waals surface area (Å²) in [5.74, 6) is 1.84. The minimum atomic E-state index is 0.508. The molecule has 3 aromatic carbocycles. The smallest absolute Gasteiger partial charge is 0.123 e. The van der Waals surface area contributed by atoms with E-state index in [1.54, 1.807) is 6.33 Å². The van der Waals surface area contributed by atoms with Gasteiger partial charge in [-0.3, -0.25) is 4.90 Å². The predicted molar refractivity (Wildman–Crippen MR) is 145 cm³/mol. The Morgan fingerprint density at radius 1 is 0.865 bits per heavy atom. The van der Waals surface area contributed by atoms with Gasteiger partial charge in [-0.1, -0.05) is 48.5 Å². The third-order valence-corrected chi connectivity index (χ3v) is 6.45. The summed E-state index contributed by atoms with van der Waals surface area (Å²) in [5.41, 5.74) is 6.93. The maximum Gasteiger partial charge on any atom is 0.123 e. The van der Waals surface area contributed by atoms with E-state index in [1.807, 2.05) is 37.5 Å². The summed E-state index contributed by atoms with van der Waals surface area (Å²) in [7, 11) is 0. The lowest BCUT2D eigenvalue weighted by Crippen LogP contribution is -2.28. The highest BCUT2D eigenvalue weighted by atomic mass is 16.5. The number of nitrogens with zero attached hydrogens (tertiary/aromatic N) is 3. The first-order valence-electron chi connectivity index (χ1n) is 12.9. The molecular formula is C31H33N3O3. The SMILES string of the molecule is CCOc1ccccc1CN1CCOCCOc2ccc(-c3cncnc3)cc2Cc2cccc(c2)C1. The van der Waals surface area contributed by atoms with Crippen molar-refractivity contribution in [3.8, 4) is 22.6 Å². The Morgan fingerprint density at radius 2 is 1.73 bits per heavy atom. The van der Waals surface area contributed by atoms with Crippen LogP contribution >= 0.6 is 0 Å². The fourth-order valence-corrected chi connectivity index (χ4v) is 4.69. The minimum absolute atomic E-state index is 0.508. The van der Waals surface area contributed by atoms with Gasteiger partial charge in [-0.15, -0.1) is 0 Å². The van der Waals surface area contributed by atoms with Crippen molar-refractivity contribution in [3.05, 3.63) is 108 Å². The zero-order valence-corrected chi connectivity index (χ0v) is 21.3. The van der Waals surface area contributed by atoms with Gasteiger partial charge in [0.15, 0.2) is 0 Å². The molecule has 0 amide bonds. The number of para-hydroxylation sites is 1. The Labute approximate surface area is 218 Å². The molecule has 6 heteroatoms. The molecule has 0 saturated heterocycles. The van der Waals surface area contributed by atoms with Gasteiger partial charge in [0.05, 0.1) is 19.8 Å². The molecule has 2 heterocycles. The maximum atomic E-state index is 6.17. The van der Waals surface area contributed by atoms with Crippen molar-refractivity contribution >= 4 is 0 Å². The Balaban J connectivity index is 1.41. The van der Waals surface area contributed by atoms with Crippen molar-refractivity contribution in [1.29, 1.82) is 0 Å². The van der Waals surface area contributed by atoms with Crippen LogP contribution in [0.2, 0.25) is 0 Å². The van der Waals surface area contributed by atoms with Gasteiger partial charge in [0, 0.05) is 49.6 Å². The van der Waals surface area contributed by atoms with E-state index in [-0.39, 0.29) is 0 Å². The molecule has 4 aromatic rings. The zero-order valence-electron chi connectivity index (χ0n) is 21.3. The molecule has 0 unspecified atom stereocenters. The van der Waals surface area contributed by atoms with Crippen LogP contribution in [-0.2, 0) is 24.2 Å². The highest BCUT2D eigenvalue weighted by Crippen LogP contribution is 2.29. The van der Waals surface area contributed by atoms with Crippen LogP contribution in [0.25, 0.3) is 11.1 Å². The van der Waals surface area contributed by atoms with E-state index >= 15 is 0 Å². The van der Waals surface area contributed by atoms with Crippen LogP contribution in [0.15, 0.2) is 85.5 Å². The summed E-state index contributed by atoms with van der Waals surface area (Å²) in [6.07, 6.45) is 6.01. The second kappa shape index (κ2) is 12.5. The van der Waals surface area contributed by atoms with Gasteiger partial charge in [-0.05, 0) is 47.4 Å². The molecule has 1 aliphatic rings. The van der Waals surface area contributed by atoms with Crippen LogP contribution in [-0.4, -0.2) is 47.8 Å². The largest absolute Gasteiger partial charge is 0.494 e. The van der Waals surface area contributed by atoms with Gasteiger partial charge in [-0.2, -0.15) is 0 Å². The monoisotopic (exact) mass is 495 g/mol. The third kappa shape index (κ3) is 6.73. The first-order chi connectivity index (χ1) is 18.3. The summed E-state index contributed by atoms with van der Waals surface area (Å²) in [6.45, 7) is 6.82. The lowest BCUT2D eigenvalue weighted by Gasteiger charge is -2.24. The molecule has 37 heavy (non-hydrogen) atoms. The van der Waals surface area contributed by atoms with E-state index in [4.69, 9.17) is 14.2 Å². The molecule has 5 rings (SSSR count). The number of fused-ring (bicyclic) bond motifs is 3. The third-order valence-electron chi connectivity index (χ3n) is 6.45. The van der Waals surface area contributed by atoms with Gasteiger partial charge >= 0.3 is 0 Å². The van der Waals surface area contributed by atoms with Crippen LogP contribution in [0.3, 0.4) is 0 Å². The van der Waals surface area contributed by atoms with Crippen LogP contribution in [0.5, 0.6) is 11.5 Å². The summed E-state index contributed by atoms with van der Waals surface area (Å²) >= 11 is 0. The number of hydrogen-bond donors (Lipinski definition) is 0. The standard InChI is InChI=1S/C31H33N3O3/c1-2-36-30-9-4-3-8-27(30)22-34-12-13-35-14-15-37-31-11-10-26(29-19-32-23-33-20-29)18-28(31)17-24-6-5-7-25(16-24)21-34/h3-11,16,18-20,23H,2,12-15,17,21-22H2,1H3. The second-order valence-electron chi connectivity index (χ2n) is 9.16. The van der Waals surface area contributed by atoms with Crippen molar-refractivity contribution in [3.63, 3.8) is 0 Å². The van der Waals surface area contributed by atoms with Crippen molar-refractivity contribution in [2.75, 3.05) is 33.0 Å². The average Bonchev–Trinajstić information content (AvgIpc) is 2.93. The van der Waals surface area contributed by atoms with E-state index in [2.05, 4.69) is 63.4 Å². The van der Waals surface area contributed by atoms with E-state index < -0.39 is 0 Å². The molecule has 1 aromatic heterocycles. The summed E-state index contributed by atoms with van der Waals surface area (Å²) in [6, 6.07) is 23.4. The number of hydrogen-bond acceptors (Lipinski definition) is 6. The lowest BCUT2D eigenvalue weighted by atomic mass is 9.98. The first kappa shape index (κ1) is 24.9. The molecule has 6 nitrogen and oxygen atoms in total. The van der Waals surface area contributed by atoms with Crippen molar-refractivity contribution in [2.24, 2.45) is 0 Å². The Kier molecular flexibility index (Phi) is 8.41. The predicted octanol–water partition coefficient (Wildman–Crippen LogP) is 5.54. The Bertz CT molecular complexity index is 1300. The molecule has 0 spiro atoms. The summed E-state index contributed by atoms with van der Waals surface area (Å²) < 4.78 is 18.0. The second-order valence-corrected chi connectivity index (χ2v) is 9.16. The number of ether oxygens (including phenoxy) is 3. The van der Waals surface area contributed by atoms with Crippen LogP contribution < -0.4 is 9.47 Å². The Morgan fingerprint density at radius 3 is 2.62 bits per heavy atom. The summed E-state index contributed by atoms with van der Waals surface area (Å²) in [5, 5.41) is 0. The minimum Gasteiger partial charge on any atom is -0.494 e. The maximum absolute atomic E-state index is 6.17. The van der Waals surface area contributed by atoms with Gasteiger partial charge in [-0.25, -0.2) is 9.97 Å².